The summed E-state index contributed by atoms with van der Waals surface area (Å²) in [5.41, 5.74) is 5.55. The van der Waals surface area contributed by atoms with Gasteiger partial charge in [-0.2, -0.15) is 0 Å². The zero-order valence-corrected chi connectivity index (χ0v) is 14.0. The molecule has 5 heteroatoms. The summed E-state index contributed by atoms with van der Waals surface area (Å²) in [4.78, 5) is 0. The van der Waals surface area contributed by atoms with Gasteiger partial charge in [-0.25, -0.2) is 0 Å². The predicted octanol–water partition coefficient (Wildman–Crippen LogP) is 2.57. The molecule has 0 saturated carbocycles. The summed E-state index contributed by atoms with van der Waals surface area (Å²) in [6, 6.07) is 4.54. The van der Waals surface area contributed by atoms with Crippen molar-refractivity contribution in [2.24, 2.45) is 11.8 Å². The van der Waals surface area contributed by atoms with Crippen molar-refractivity contribution in [1.29, 1.82) is 0 Å². The van der Waals surface area contributed by atoms with Gasteiger partial charge in [0.25, 0.3) is 0 Å². The number of hydrazine groups is 1. The summed E-state index contributed by atoms with van der Waals surface area (Å²) in [6.45, 7) is 3.80. The Balaban J connectivity index is 1.81. The number of hydrogen-bond donors (Lipinski definition) is 2. The Kier molecular flexibility index (Phi) is 4.84. The maximum Gasteiger partial charge on any atom is 0.125 e. The predicted molar refractivity (Wildman–Crippen MR) is 86.3 cm³/mol. The van der Waals surface area contributed by atoms with Crippen molar-refractivity contribution in [3.63, 3.8) is 0 Å². The first-order valence-corrected chi connectivity index (χ1v) is 8.54. The maximum absolute atomic E-state index is 5.84. The molecule has 2 aliphatic heterocycles. The van der Waals surface area contributed by atoms with Crippen molar-refractivity contribution in [1.82, 2.24) is 5.43 Å². The van der Waals surface area contributed by atoms with Gasteiger partial charge in [-0.05, 0) is 42.5 Å². The fourth-order valence-electron chi connectivity index (χ4n) is 3.61. The topological polar surface area (TPSA) is 56.5 Å². The van der Waals surface area contributed by atoms with Crippen molar-refractivity contribution in [3.8, 4) is 5.75 Å². The standard InChI is InChI=1S/C16H23BrN2O2/c1-2-15-13(4-6-20-15)14(19-18)9-11-8-12(17)7-10-3-5-21-16(10)11/h7-8,13-15,19H,2-6,9,18H2,1H3. The van der Waals surface area contributed by atoms with Crippen LogP contribution in [0.25, 0.3) is 0 Å². The van der Waals surface area contributed by atoms with Gasteiger partial charge in [0.15, 0.2) is 0 Å². The molecule has 0 spiro atoms. The van der Waals surface area contributed by atoms with E-state index < -0.39 is 0 Å². The number of ether oxygens (including phenoxy) is 2. The van der Waals surface area contributed by atoms with Crippen molar-refractivity contribution < 1.29 is 9.47 Å². The molecule has 0 radical (unpaired) electrons. The van der Waals surface area contributed by atoms with Gasteiger partial charge < -0.3 is 9.47 Å². The van der Waals surface area contributed by atoms with Crippen LogP contribution in [0.5, 0.6) is 5.75 Å². The molecular weight excluding hydrogens is 332 g/mol. The third-order valence-corrected chi connectivity index (χ3v) is 5.12. The quantitative estimate of drug-likeness (QED) is 0.630. The average Bonchev–Trinajstić information content (AvgIpc) is 3.12. The molecule has 3 atom stereocenters. The van der Waals surface area contributed by atoms with Crippen LogP contribution in [0.2, 0.25) is 0 Å². The van der Waals surface area contributed by atoms with Gasteiger partial charge in [0.05, 0.1) is 12.7 Å². The van der Waals surface area contributed by atoms with Crippen LogP contribution < -0.4 is 16.0 Å². The molecule has 0 aliphatic carbocycles. The van der Waals surface area contributed by atoms with E-state index in [1.54, 1.807) is 0 Å². The van der Waals surface area contributed by atoms with E-state index in [1.165, 1.54) is 11.1 Å². The SMILES string of the molecule is CCC1OCCC1C(Cc1cc(Br)cc2c1OCC2)NN. The van der Waals surface area contributed by atoms with E-state index in [4.69, 9.17) is 15.3 Å². The fraction of sp³-hybridized carbons (Fsp3) is 0.625. The van der Waals surface area contributed by atoms with E-state index in [-0.39, 0.29) is 6.04 Å². The second-order valence-corrected chi connectivity index (χ2v) is 6.81. The van der Waals surface area contributed by atoms with Crippen LogP contribution in [0.1, 0.15) is 30.9 Å². The van der Waals surface area contributed by atoms with Crippen LogP contribution in [-0.2, 0) is 17.6 Å². The highest BCUT2D eigenvalue weighted by Crippen LogP contribution is 2.35. The smallest absolute Gasteiger partial charge is 0.125 e. The molecule has 4 nitrogen and oxygen atoms in total. The molecule has 0 bridgehead atoms. The Morgan fingerprint density at radius 1 is 1.43 bits per heavy atom. The van der Waals surface area contributed by atoms with Crippen LogP contribution in [0, 0.1) is 5.92 Å². The summed E-state index contributed by atoms with van der Waals surface area (Å²) >= 11 is 3.60. The van der Waals surface area contributed by atoms with Crippen LogP contribution >= 0.6 is 15.9 Å². The maximum atomic E-state index is 5.84. The van der Waals surface area contributed by atoms with Gasteiger partial charge in [-0.15, -0.1) is 0 Å². The lowest BCUT2D eigenvalue weighted by atomic mass is 9.87. The number of nitrogens with two attached hydrogens (primary N) is 1. The average molecular weight is 355 g/mol. The number of benzene rings is 1. The first kappa shape index (κ1) is 15.3. The van der Waals surface area contributed by atoms with E-state index in [0.29, 0.717) is 12.0 Å². The van der Waals surface area contributed by atoms with Gasteiger partial charge in [-0.1, -0.05) is 22.9 Å². The zero-order valence-electron chi connectivity index (χ0n) is 12.4. The Morgan fingerprint density at radius 3 is 3.05 bits per heavy atom. The van der Waals surface area contributed by atoms with Crippen molar-refractivity contribution in [3.05, 3.63) is 27.7 Å². The number of rotatable bonds is 5. The first-order chi connectivity index (χ1) is 10.2. The summed E-state index contributed by atoms with van der Waals surface area (Å²) in [5, 5.41) is 0. The van der Waals surface area contributed by atoms with E-state index in [2.05, 4.69) is 40.4 Å². The van der Waals surface area contributed by atoms with Gasteiger partial charge >= 0.3 is 0 Å². The molecule has 3 unspecified atom stereocenters. The summed E-state index contributed by atoms with van der Waals surface area (Å²) in [7, 11) is 0. The summed E-state index contributed by atoms with van der Waals surface area (Å²) in [5.74, 6) is 7.37. The van der Waals surface area contributed by atoms with E-state index in [1.807, 2.05) is 0 Å². The summed E-state index contributed by atoms with van der Waals surface area (Å²) < 4.78 is 12.8. The highest BCUT2D eigenvalue weighted by Gasteiger charge is 2.34. The van der Waals surface area contributed by atoms with E-state index >= 15 is 0 Å². The zero-order chi connectivity index (χ0) is 14.8. The number of fused-ring (bicyclic) bond motifs is 1. The Hall–Kier alpha value is -0.620. The lowest BCUT2D eigenvalue weighted by molar-refractivity contribution is 0.0774. The second kappa shape index (κ2) is 6.65. The Labute approximate surface area is 134 Å². The molecular formula is C16H23BrN2O2. The van der Waals surface area contributed by atoms with Crippen LogP contribution in [-0.4, -0.2) is 25.4 Å². The molecule has 2 aliphatic rings. The minimum Gasteiger partial charge on any atom is -0.493 e. The minimum atomic E-state index is 0.222. The second-order valence-electron chi connectivity index (χ2n) is 5.90. The molecule has 3 rings (SSSR count). The van der Waals surface area contributed by atoms with Crippen molar-refractivity contribution >= 4 is 15.9 Å². The molecule has 0 amide bonds. The van der Waals surface area contributed by atoms with Crippen LogP contribution in [0.15, 0.2) is 16.6 Å². The highest BCUT2D eigenvalue weighted by molar-refractivity contribution is 9.10. The molecule has 0 aromatic heterocycles. The molecule has 2 heterocycles. The van der Waals surface area contributed by atoms with Crippen LogP contribution in [0.3, 0.4) is 0 Å². The molecule has 1 saturated heterocycles. The summed E-state index contributed by atoms with van der Waals surface area (Å²) in [6.07, 6.45) is 4.29. The van der Waals surface area contributed by atoms with Crippen LogP contribution in [0.4, 0.5) is 0 Å². The van der Waals surface area contributed by atoms with Crippen molar-refractivity contribution in [2.75, 3.05) is 13.2 Å². The monoisotopic (exact) mass is 354 g/mol. The fourth-order valence-corrected chi connectivity index (χ4v) is 4.17. The molecule has 21 heavy (non-hydrogen) atoms. The van der Waals surface area contributed by atoms with Gasteiger partial charge in [0.2, 0.25) is 0 Å². The van der Waals surface area contributed by atoms with Crippen molar-refractivity contribution in [2.45, 2.75) is 44.8 Å². The molecule has 116 valence electrons. The molecule has 1 fully saturated rings. The lowest BCUT2D eigenvalue weighted by Crippen LogP contribution is -2.45. The minimum absolute atomic E-state index is 0.222. The van der Waals surface area contributed by atoms with Gasteiger partial charge in [0.1, 0.15) is 5.75 Å². The lowest BCUT2D eigenvalue weighted by Gasteiger charge is -2.27. The normalized spacial score (nSPS) is 25.7. The molecule has 3 N–H and O–H groups in total. The van der Waals surface area contributed by atoms with Gasteiger partial charge in [-0.3, -0.25) is 11.3 Å². The number of nitrogens with one attached hydrogen (secondary N) is 1. The molecule has 1 aromatic rings. The largest absolute Gasteiger partial charge is 0.493 e. The first-order valence-electron chi connectivity index (χ1n) is 7.74. The third-order valence-electron chi connectivity index (χ3n) is 4.66. The Morgan fingerprint density at radius 2 is 2.29 bits per heavy atom. The van der Waals surface area contributed by atoms with E-state index in [0.717, 1.165) is 49.1 Å². The molecule has 1 aromatic carbocycles. The number of halogens is 1. The van der Waals surface area contributed by atoms with Gasteiger partial charge in [0, 0.05) is 29.5 Å². The highest BCUT2D eigenvalue weighted by atomic mass is 79.9. The Bertz CT molecular complexity index is 509. The van der Waals surface area contributed by atoms with E-state index in [9.17, 15) is 0 Å². The number of hydrogen-bond acceptors (Lipinski definition) is 4. The third kappa shape index (κ3) is 3.11.